The van der Waals surface area contributed by atoms with Gasteiger partial charge in [-0.15, -0.1) is 0 Å². The van der Waals surface area contributed by atoms with Crippen LogP contribution in [0.3, 0.4) is 0 Å². The first-order chi connectivity index (χ1) is 13.6. The Morgan fingerprint density at radius 1 is 1.21 bits per heavy atom. The molecule has 154 valence electrons. The summed E-state index contributed by atoms with van der Waals surface area (Å²) in [5.74, 6) is -0.596. The van der Waals surface area contributed by atoms with Gasteiger partial charge in [0.25, 0.3) is 11.6 Å². The van der Waals surface area contributed by atoms with Gasteiger partial charge in [0.05, 0.1) is 33.7 Å². The standard InChI is InChI=1S/C17H15Cl2N3O6S/c1-28-10-4-5-14(15(6-10)22(24)25)20-17(23)11-7-16(13(19)8-12(11)18)29(26,27)21-9-2-3-9/h4-9,21H,2-3H2,1H3,(H,20,23). The predicted octanol–water partition coefficient (Wildman–Crippen LogP) is 3.60. The number of benzene rings is 2. The van der Waals surface area contributed by atoms with Crippen LogP contribution in [-0.4, -0.2) is 32.4 Å². The number of hydrogen-bond acceptors (Lipinski definition) is 6. The molecule has 0 heterocycles. The van der Waals surface area contributed by atoms with Crippen LogP contribution in [0.5, 0.6) is 5.75 Å². The molecule has 0 spiro atoms. The normalized spacial score (nSPS) is 13.8. The fourth-order valence-electron chi connectivity index (χ4n) is 2.48. The lowest BCUT2D eigenvalue weighted by atomic mass is 10.2. The van der Waals surface area contributed by atoms with E-state index in [4.69, 9.17) is 27.9 Å². The van der Waals surface area contributed by atoms with Crippen LogP contribution in [0.2, 0.25) is 10.0 Å². The molecule has 12 heteroatoms. The van der Waals surface area contributed by atoms with Gasteiger partial charge in [0.15, 0.2) is 0 Å². The molecule has 0 atom stereocenters. The molecular formula is C17H15Cl2N3O6S. The first kappa shape index (κ1) is 21.3. The quantitative estimate of drug-likeness (QED) is 0.480. The van der Waals surface area contributed by atoms with Crippen molar-refractivity contribution in [3.8, 4) is 5.75 Å². The SMILES string of the molecule is COc1ccc(NC(=O)c2cc(S(=O)(=O)NC3CC3)c(Cl)cc2Cl)c([N+](=O)[O-])c1. The zero-order valence-corrected chi connectivity index (χ0v) is 17.3. The average Bonchev–Trinajstić information content (AvgIpc) is 3.44. The van der Waals surface area contributed by atoms with Gasteiger partial charge in [-0.2, -0.15) is 0 Å². The van der Waals surface area contributed by atoms with Crippen molar-refractivity contribution in [2.45, 2.75) is 23.8 Å². The van der Waals surface area contributed by atoms with Crippen molar-refractivity contribution in [3.63, 3.8) is 0 Å². The second-order valence-corrected chi connectivity index (χ2v) is 8.75. The zero-order chi connectivity index (χ0) is 21.3. The van der Waals surface area contributed by atoms with Crippen molar-refractivity contribution < 1.29 is 22.9 Å². The summed E-state index contributed by atoms with van der Waals surface area (Å²) in [7, 11) is -2.60. The van der Waals surface area contributed by atoms with E-state index in [2.05, 4.69) is 10.0 Å². The molecule has 2 aromatic rings. The van der Waals surface area contributed by atoms with E-state index >= 15 is 0 Å². The summed E-state index contributed by atoms with van der Waals surface area (Å²) in [5, 5.41) is 13.4. The largest absolute Gasteiger partial charge is 0.496 e. The Labute approximate surface area is 176 Å². The Kier molecular flexibility index (Phi) is 5.99. The van der Waals surface area contributed by atoms with Crippen LogP contribution in [0.25, 0.3) is 0 Å². The highest BCUT2D eigenvalue weighted by molar-refractivity contribution is 7.89. The third-order valence-electron chi connectivity index (χ3n) is 4.10. The molecule has 1 aliphatic carbocycles. The summed E-state index contributed by atoms with van der Waals surface area (Å²) >= 11 is 12.1. The fraction of sp³-hybridized carbons (Fsp3) is 0.235. The molecule has 1 saturated carbocycles. The number of anilines is 1. The summed E-state index contributed by atoms with van der Waals surface area (Å²) < 4.78 is 32.4. The van der Waals surface area contributed by atoms with Gasteiger partial charge in [0, 0.05) is 6.04 Å². The van der Waals surface area contributed by atoms with Crippen LogP contribution in [-0.2, 0) is 10.0 Å². The van der Waals surface area contributed by atoms with Gasteiger partial charge >= 0.3 is 0 Å². The molecule has 0 aromatic heterocycles. The molecule has 3 rings (SSSR count). The maximum atomic E-state index is 12.7. The molecule has 1 fully saturated rings. The molecule has 1 aliphatic rings. The molecule has 0 aliphatic heterocycles. The number of hydrogen-bond donors (Lipinski definition) is 2. The number of nitro benzene ring substituents is 1. The van der Waals surface area contributed by atoms with E-state index in [0.717, 1.165) is 31.0 Å². The molecule has 2 aromatic carbocycles. The van der Waals surface area contributed by atoms with Gasteiger partial charge in [-0.05, 0) is 37.1 Å². The third-order valence-corrected chi connectivity index (χ3v) is 6.40. The van der Waals surface area contributed by atoms with Crippen LogP contribution in [0, 0.1) is 10.1 Å². The Morgan fingerprint density at radius 3 is 2.48 bits per heavy atom. The van der Waals surface area contributed by atoms with Gasteiger partial charge in [-0.3, -0.25) is 14.9 Å². The van der Waals surface area contributed by atoms with Crippen molar-refractivity contribution >= 4 is 50.5 Å². The minimum absolute atomic E-state index is 0.103. The molecule has 29 heavy (non-hydrogen) atoms. The van der Waals surface area contributed by atoms with Crippen LogP contribution < -0.4 is 14.8 Å². The summed E-state index contributed by atoms with van der Waals surface area (Å²) in [5.41, 5.74) is -0.698. The number of rotatable bonds is 7. The summed E-state index contributed by atoms with van der Waals surface area (Å²) in [4.78, 5) is 23.0. The number of sulfonamides is 1. The van der Waals surface area contributed by atoms with Gasteiger partial charge in [0.2, 0.25) is 10.0 Å². The minimum Gasteiger partial charge on any atom is -0.496 e. The van der Waals surface area contributed by atoms with Gasteiger partial charge in [-0.25, -0.2) is 13.1 Å². The molecule has 0 bridgehead atoms. The number of nitro groups is 1. The number of halogens is 2. The summed E-state index contributed by atoms with van der Waals surface area (Å²) in [6.45, 7) is 0. The Bertz CT molecular complexity index is 1100. The first-order valence-corrected chi connectivity index (χ1v) is 10.5. The second-order valence-electron chi connectivity index (χ2n) is 6.25. The minimum atomic E-state index is -3.95. The first-order valence-electron chi connectivity index (χ1n) is 8.27. The van der Waals surface area contributed by atoms with Crippen LogP contribution in [0.4, 0.5) is 11.4 Å². The molecule has 0 unspecified atom stereocenters. The van der Waals surface area contributed by atoms with Crippen molar-refractivity contribution in [2.75, 3.05) is 12.4 Å². The number of nitrogens with one attached hydrogen (secondary N) is 2. The highest BCUT2D eigenvalue weighted by Gasteiger charge is 2.30. The summed E-state index contributed by atoms with van der Waals surface area (Å²) in [6.07, 6.45) is 1.44. The molecule has 0 saturated heterocycles. The van der Waals surface area contributed by atoms with Gasteiger partial charge in [-0.1, -0.05) is 23.2 Å². The maximum Gasteiger partial charge on any atom is 0.296 e. The maximum absolute atomic E-state index is 12.7. The molecule has 9 nitrogen and oxygen atoms in total. The number of amides is 1. The van der Waals surface area contributed by atoms with Gasteiger partial charge in [0.1, 0.15) is 16.3 Å². The highest BCUT2D eigenvalue weighted by Crippen LogP contribution is 2.33. The Hall–Kier alpha value is -2.40. The molecule has 2 N–H and O–H groups in total. The van der Waals surface area contributed by atoms with E-state index in [1.54, 1.807) is 0 Å². The number of carbonyl (C=O) groups is 1. The topological polar surface area (TPSA) is 128 Å². The average molecular weight is 460 g/mol. The lowest BCUT2D eigenvalue weighted by molar-refractivity contribution is -0.384. The van der Waals surface area contributed by atoms with Gasteiger partial charge < -0.3 is 10.1 Å². The van der Waals surface area contributed by atoms with E-state index in [1.807, 2.05) is 0 Å². The van der Waals surface area contributed by atoms with Crippen molar-refractivity contribution in [1.82, 2.24) is 4.72 Å². The Balaban J connectivity index is 1.96. The highest BCUT2D eigenvalue weighted by atomic mass is 35.5. The zero-order valence-electron chi connectivity index (χ0n) is 14.9. The number of nitrogens with zero attached hydrogens (tertiary/aromatic N) is 1. The van der Waals surface area contributed by atoms with E-state index in [0.29, 0.717) is 0 Å². The van der Waals surface area contributed by atoms with E-state index in [-0.39, 0.29) is 38.0 Å². The van der Waals surface area contributed by atoms with Crippen LogP contribution >= 0.6 is 23.2 Å². The van der Waals surface area contributed by atoms with E-state index in [9.17, 15) is 23.3 Å². The number of carbonyl (C=O) groups excluding carboxylic acids is 1. The van der Waals surface area contributed by atoms with Crippen molar-refractivity contribution in [3.05, 3.63) is 56.1 Å². The lowest BCUT2D eigenvalue weighted by Crippen LogP contribution is -2.26. The number of methoxy groups -OCH3 is 1. The fourth-order valence-corrected chi connectivity index (χ4v) is 4.64. The molecule has 0 radical (unpaired) electrons. The van der Waals surface area contributed by atoms with Crippen LogP contribution in [0.15, 0.2) is 35.2 Å². The lowest BCUT2D eigenvalue weighted by Gasteiger charge is -2.12. The monoisotopic (exact) mass is 459 g/mol. The smallest absolute Gasteiger partial charge is 0.296 e. The third kappa shape index (κ3) is 4.78. The summed E-state index contributed by atoms with van der Waals surface area (Å²) in [6, 6.07) is 5.90. The molecule has 1 amide bonds. The molecular weight excluding hydrogens is 445 g/mol. The van der Waals surface area contributed by atoms with Crippen LogP contribution in [0.1, 0.15) is 23.2 Å². The van der Waals surface area contributed by atoms with E-state index < -0.39 is 26.5 Å². The Morgan fingerprint density at radius 2 is 1.90 bits per heavy atom. The van der Waals surface area contributed by atoms with Crippen molar-refractivity contribution in [1.29, 1.82) is 0 Å². The van der Waals surface area contributed by atoms with Crippen molar-refractivity contribution in [2.24, 2.45) is 0 Å². The second kappa shape index (κ2) is 8.15. The number of ether oxygens (including phenoxy) is 1. The predicted molar refractivity (Wildman–Crippen MR) is 107 cm³/mol. The van der Waals surface area contributed by atoms with E-state index in [1.165, 1.54) is 19.2 Å².